The predicted octanol–water partition coefficient (Wildman–Crippen LogP) is 19.3. The van der Waals surface area contributed by atoms with Crippen molar-refractivity contribution in [3.8, 4) is 5.69 Å². The van der Waals surface area contributed by atoms with Gasteiger partial charge in [0.25, 0.3) is 6.71 Å². The third kappa shape index (κ3) is 8.89. The molecule has 2 aliphatic rings. The first-order valence-corrected chi connectivity index (χ1v) is 29.0. The largest absolute Gasteiger partial charge is 0.311 e. The summed E-state index contributed by atoms with van der Waals surface area (Å²) in [4.78, 5) is 5.35. The van der Waals surface area contributed by atoms with Gasteiger partial charge in [-0.2, -0.15) is 0 Å². The number of benzene rings is 8. The normalized spacial score (nSPS) is 13.8. The second-order valence-electron chi connectivity index (χ2n) is 27.6. The first-order valence-electron chi connectivity index (χ1n) is 29.0. The van der Waals surface area contributed by atoms with Crippen LogP contribution in [0.4, 0.5) is 34.1 Å². The van der Waals surface area contributed by atoms with Crippen LogP contribution in [-0.2, 0) is 21.7 Å². The third-order valence-electron chi connectivity index (χ3n) is 17.7. The van der Waals surface area contributed by atoms with Crippen LogP contribution >= 0.6 is 0 Å². The van der Waals surface area contributed by atoms with E-state index in [-0.39, 0.29) is 28.4 Å². The van der Waals surface area contributed by atoms with E-state index in [1.165, 1.54) is 122 Å². The van der Waals surface area contributed by atoms with Crippen molar-refractivity contribution >= 4 is 90.2 Å². The molecule has 0 bridgehead atoms. The van der Waals surface area contributed by atoms with Crippen LogP contribution in [0, 0.1) is 34.6 Å². The number of para-hydroxylation sites is 1. The van der Waals surface area contributed by atoms with Crippen LogP contribution in [0.15, 0.2) is 164 Å². The van der Waals surface area contributed by atoms with Gasteiger partial charge in [0.15, 0.2) is 0 Å². The SMILES string of the molecule is C=C/C(=C(/C)C(=C)c1ccccc1C)c1cc(C)c(N2c3cc4c(cc3B3c5ccc(C(C)(C)C)cc5N(c5c(C)cc(C(C)(C)C)cc5C)c5cc(C(C)(C)C)cc2c53)c2cc(C(C)(C)C)ccc2n4-c2ccccc2)c(C)c1. The van der Waals surface area contributed by atoms with E-state index in [4.69, 9.17) is 0 Å². The Kier molecular flexibility index (Phi) is 13.0. The molecule has 4 heteroatoms. The van der Waals surface area contributed by atoms with E-state index >= 15 is 0 Å². The van der Waals surface area contributed by atoms with Crippen molar-refractivity contribution in [2.75, 3.05) is 9.80 Å². The Hall–Kier alpha value is -7.56. The van der Waals surface area contributed by atoms with E-state index in [0.29, 0.717) is 0 Å². The van der Waals surface area contributed by atoms with Gasteiger partial charge in [0, 0.05) is 39.2 Å². The molecule has 0 saturated heterocycles. The molecule has 0 aliphatic carbocycles. The lowest BCUT2D eigenvalue weighted by Crippen LogP contribution is -2.61. The topological polar surface area (TPSA) is 11.4 Å². The Bertz CT molecular complexity index is 4040. The Morgan fingerprint density at radius 3 is 1.48 bits per heavy atom. The number of aryl methyl sites for hydroxylation is 5. The maximum Gasteiger partial charge on any atom is 0.252 e. The van der Waals surface area contributed by atoms with Crippen molar-refractivity contribution in [3.05, 3.63) is 226 Å². The summed E-state index contributed by atoms with van der Waals surface area (Å²) < 4.78 is 2.51. The van der Waals surface area contributed by atoms with Crippen molar-refractivity contribution in [3.63, 3.8) is 0 Å². The Morgan fingerprint density at radius 2 is 0.925 bits per heavy atom. The molecule has 9 aromatic rings. The zero-order valence-corrected chi connectivity index (χ0v) is 51.2. The van der Waals surface area contributed by atoms with Gasteiger partial charge < -0.3 is 14.4 Å². The lowest BCUT2D eigenvalue weighted by molar-refractivity contribution is 0.588. The summed E-state index contributed by atoms with van der Waals surface area (Å²) in [5.41, 5.74) is 31.6. The van der Waals surface area contributed by atoms with Gasteiger partial charge in [0.05, 0.1) is 22.4 Å². The highest BCUT2D eigenvalue weighted by molar-refractivity contribution is 7.00. The van der Waals surface area contributed by atoms with Gasteiger partial charge in [-0.25, -0.2) is 0 Å². The van der Waals surface area contributed by atoms with E-state index in [1.807, 2.05) is 6.08 Å². The number of allylic oxidation sites excluding steroid dienone is 4. The second kappa shape index (κ2) is 19.0. The van der Waals surface area contributed by atoms with Gasteiger partial charge in [-0.1, -0.05) is 181 Å². The van der Waals surface area contributed by atoms with Gasteiger partial charge in [-0.15, -0.1) is 0 Å². The smallest absolute Gasteiger partial charge is 0.252 e. The Labute approximate surface area is 479 Å². The van der Waals surface area contributed by atoms with Crippen molar-refractivity contribution in [1.29, 1.82) is 0 Å². The highest BCUT2D eigenvalue weighted by Crippen LogP contribution is 2.51. The molecule has 0 radical (unpaired) electrons. The molecule has 0 unspecified atom stereocenters. The lowest BCUT2D eigenvalue weighted by atomic mass is 9.33. The lowest BCUT2D eigenvalue weighted by Gasteiger charge is -2.46. The number of hydrogen-bond acceptors (Lipinski definition) is 2. The average molecular weight is 1050 g/mol. The van der Waals surface area contributed by atoms with E-state index in [0.717, 1.165) is 33.5 Å². The summed E-state index contributed by atoms with van der Waals surface area (Å²) in [7, 11) is 0. The van der Waals surface area contributed by atoms with E-state index in [9.17, 15) is 0 Å². The van der Waals surface area contributed by atoms with Crippen LogP contribution in [0.5, 0.6) is 0 Å². The van der Waals surface area contributed by atoms with Crippen LogP contribution in [0.25, 0.3) is 38.6 Å². The van der Waals surface area contributed by atoms with Gasteiger partial charge >= 0.3 is 0 Å². The van der Waals surface area contributed by atoms with Gasteiger partial charge in [-0.05, 0) is 218 Å². The quantitative estimate of drug-likeness (QED) is 0.116. The van der Waals surface area contributed by atoms with Crippen molar-refractivity contribution in [2.45, 2.75) is 146 Å². The monoisotopic (exact) mass is 1050 g/mol. The fraction of sp³-hybridized carbons (Fsp3) is 0.289. The zero-order chi connectivity index (χ0) is 57.4. The summed E-state index contributed by atoms with van der Waals surface area (Å²) in [5.74, 6) is 0. The molecule has 2 aliphatic heterocycles. The van der Waals surface area contributed by atoms with Crippen LogP contribution in [0.1, 0.15) is 151 Å². The first kappa shape index (κ1) is 54.4. The highest BCUT2D eigenvalue weighted by atomic mass is 15.2. The van der Waals surface area contributed by atoms with Crippen molar-refractivity contribution in [1.82, 2.24) is 4.57 Å². The van der Waals surface area contributed by atoms with E-state index < -0.39 is 0 Å². The van der Waals surface area contributed by atoms with Crippen LogP contribution in [-0.4, -0.2) is 11.3 Å². The van der Waals surface area contributed by atoms with Crippen molar-refractivity contribution < 1.29 is 0 Å². The number of aromatic nitrogens is 1. The fourth-order valence-corrected chi connectivity index (χ4v) is 13.2. The van der Waals surface area contributed by atoms with Crippen LogP contribution in [0.3, 0.4) is 0 Å². The van der Waals surface area contributed by atoms with Gasteiger partial charge in [-0.3, -0.25) is 0 Å². The second-order valence-corrected chi connectivity index (χ2v) is 27.6. The molecule has 404 valence electrons. The summed E-state index contributed by atoms with van der Waals surface area (Å²) in [6, 6.07) is 54.1. The van der Waals surface area contributed by atoms with Gasteiger partial charge in [0.1, 0.15) is 0 Å². The molecular formula is C76H82BN3. The van der Waals surface area contributed by atoms with E-state index in [1.54, 1.807) is 0 Å². The molecule has 3 nitrogen and oxygen atoms in total. The summed E-state index contributed by atoms with van der Waals surface area (Å²) in [5, 5.41) is 2.53. The number of rotatable bonds is 7. The minimum atomic E-state index is -0.185. The molecule has 0 fully saturated rings. The molecule has 0 amide bonds. The number of nitrogens with zero attached hydrogens (tertiary/aromatic N) is 3. The van der Waals surface area contributed by atoms with Gasteiger partial charge in [0.2, 0.25) is 0 Å². The minimum absolute atomic E-state index is 0.00238. The molecule has 1 aromatic heterocycles. The maximum atomic E-state index is 4.68. The summed E-state index contributed by atoms with van der Waals surface area (Å²) >= 11 is 0. The zero-order valence-electron chi connectivity index (χ0n) is 51.2. The average Bonchev–Trinajstić information content (AvgIpc) is 3.79. The molecular weight excluding hydrogens is 966 g/mol. The molecule has 0 saturated carbocycles. The molecule has 80 heavy (non-hydrogen) atoms. The first-order chi connectivity index (χ1) is 37.6. The number of fused-ring (bicyclic) bond motifs is 7. The summed E-state index contributed by atoms with van der Waals surface area (Å²) in [6.45, 7) is 50.9. The van der Waals surface area contributed by atoms with Crippen LogP contribution in [0.2, 0.25) is 0 Å². The molecule has 3 heterocycles. The molecule has 11 rings (SSSR count). The number of anilines is 6. The third-order valence-corrected chi connectivity index (χ3v) is 17.7. The summed E-state index contributed by atoms with van der Waals surface area (Å²) in [6.07, 6.45) is 2.02. The minimum Gasteiger partial charge on any atom is -0.311 e. The van der Waals surface area contributed by atoms with Crippen molar-refractivity contribution in [2.24, 2.45) is 0 Å². The standard InChI is InChI=1S/C76H82BN3/c1-21-58(50(7)51(8)59-30-26-25-27-45(59)2)52-35-46(3)71(47(4)36-52)80-67-44-65-61(60-39-53(73(9,10)11)32-34-64(60)78(65)57-28-23-22-24-29-57)43-63(67)77-62-33-31-54(74(12,13)14)40-66(62)79(68-41-56(76(18,19)20)42-69(80)70(68)77)72-48(5)37-55(38-49(72)6)75(15,16)17/h21-44H,1,8H2,2-7,9-20H3/b58-50+. The maximum absolute atomic E-state index is 4.68. The molecule has 0 spiro atoms. The number of hydrogen-bond donors (Lipinski definition) is 0. The Balaban J connectivity index is 1.30. The highest BCUT2D eigenvalue weighted by Gasteiger charge is 2.46. The van der Waals surface area contributed by atoms with Crippen LogP contribution < -0.4 is 26.2 Å². The Morgan fingerprint density at radius 1 is 0.450 bits per heavy atom. The predicted molar refractivity (Wildman–Crippen MR) is 352 cm³/mol. The fourth-order valence-electron chi connectivity index (χ4n) is 13.2. The molecule has 0 N–H and O–H groups in total. The molecule has 0 atom stereocenters. The van der Waals surface area contributed by atoms with E-state index in [2.05, 4.69) is 292 Å². The molecule has 8 aromatic carbocycles.